The summed E-state index contributed by atoms with van der Waals surface area (Å²) >= 11 is 0. The number of carbonyl (C=O) groups is 1. The van der Waals surface area contributed by atoms with E-state index in [1.54, 1.807) is 0 Å². The number of aliphatic hydroxyl groups is 1. The lowest BCUT2D eigenvalue weighted by Crippen LogP contribution is -2.50. The van der Waals surface area contributed by atoms with Crippen LogP contribution in [0.2, 0.25) is 0 Å². The Morgan fingerprint density at radius 1 is 1.71 bits per heavy atom. The van der Waals surface area contributed by atoms with Gasteiger partial charge in [-0.05, 0) is 13.8 Å². The fourth-order valence-corrected chi connectivity index (χ4v) is 1.13. The lowest BCUT2D eigenvalue weighted by Gasteiger charge is -2.24. The molecule has 1 fully saturated rings. The molecule has 5 heteroatoms. The van der Waals surface area contributed by atoms with Crippen LogP contribution in [0.25, 0.3) is 0 Å². The minimum absolute atomic E-state index is 0.212. The number of hydrogen-bond donors (Lipinski definition) is 2. The number of hydrogen-bond acceptors (Lipinski definition) is 5. The average Bonchev–Trinajstić information content (AvgIpc) is 2.53. The average molecular weight is 203 g/mol. The molecule has 0 aromatic rings. The predicted octanol–water partition coefficient (Wildman–Crippen LogP) is -0.583. The number of ether oxygens (including phenoxy) is 2. The smallest absolute Gasteiger partial charge is 0.326 e. The molecule has 0 aliphatic carbocycles. The van der Waals surface area contributed by atoms with Gasteiger partial charge in [0.05, 0.1) is 18.8 Å². The van der Waals surface area contributed by atoms with Crippen molar-refractivity contribution in [2.45, 2.75) is 38.0 Å². The number of rotatable bonds is 3. The minimum atomic E-state index is -1.25. The monoisotopic (exact) mass is 203 g/mol. The van der Waals surface area contributed by atoms with Crippen molar-refractivity contribution in [3.05, 3.63) is 0 Å². The van der Waals surface area contributed by atoms with Gasteiger partial charge in [-0.3, -0.25) is 4.79 Å². The van der Waals surface area contributed by atoms with Crippen LogP contribution in [-0.2, 0) is 14.3 Å². The van der Waals surface area contributed by atoms with Crippen LogP contribution in [0.15, 0.2) is 0 Å². The third-order valence-electron chi connectivity index (χ3n) is 2.19. The summed E-state index contributed by atoms with van der Waals surface area (Å²) in [5.41, 5.74) is 4.25. The van der Waals surface area contributed by atoms with Gasteiger partial charge in [-0.1, -0.05) is 0 Å². The third-order valence-corrected chi connectivity index (χ3v) is 2.19. The van der Waals surface area contributed by atoms with E-state index >= 15 is 0 Å². The maximum atomic E-state index is 11.4. The van der Waals surface area contributed by atoms with E-state index in [1.165, 1.54) is 13.8 Å². The van der Waals surface area contributed by atoms with Gasteiger partial charge < -0.3 is 20.3 Å². The van der Waals surface area contributed by atoms with Gasteiger partial charge in [-0.15, -0.1) is 0 Å². The second-order valence-corrected chi connectivity index (χ2v) is 4.05. The molecule has 1 aliphatic heterocycles. The molecular formula is C9H17NO4. The summed E-state index contributed by atoms with van der Waals surface area (Å²) in [6.45, 7) is 3.98. The fraction of sp³-hybridized carbons (Fsp3) is 0.889. The van der Waals surface area contributed by atoms with E-state index in [4.69, 9.17) is 15.2 Å². The van der Waals surface area contributed by atoms with Gasteiger partial charge in [0.15, 0.2) is 0 Å². The van der Waals surface area contributed by atoms with E-state index < -0.39 is 17.6 Å². The van der Waals surface area contributed by atoms with Crippen LogP contribution in [-0.4, -0.2) is 42.0 Å². The van der Waals surface area contributed by atoms with Crippen LogP contribution < -0.4 is 5.73 Å². The van der Waals surface area contributed by atoms with Crippen molar-refractivity contribution in [3.63, 3.8) is 0 Å². The molecule has 1 saturated heterocycles. The topological polar surface area (TPSA) is 81.8 Å². The first-order chi connectivity index (χ1) is 6.41. The molecule has 0 bridgehead atoms. The lowest BCUT2D eigenvalue weighted by molar-refractivity contribution is -0.156. The van der Waals surface area contributed by atoms with Crippen molar-refractivity contribution in [2.24, 2.45) is 5.73 Å². The molecule has 14 heavy (non-hydrogen) atoms. The zero-order chi connectivity index (χ0) is 10.8. The minimum Gasteiger partial charge on any atom is -0.459 e. The normalized spacial score (nSPS) is 24.7. The molecule has 82 valence electrons. The molecule has 1 aliphatic rings. The van der Waals surface area contributed by atoms with Gasteiger partial charge in [0, 0.05) is 6.42 Å². The van der Waals surface area contributed by atoms with Crippen molar-refractivity contribution >= 4 is 5.97 Å². The molecule has 1 rings (SSSR count). The maximum absolute atomic E-state index is 11.4. The molecule has 1 heterocycles. The zero-order valence-electron chi connectivity index (χ0n) is 8.53. The van der Waals surface area contributed by atoms with Gasteiger partial charge in [-0.2, -0.15) is 0 Å². The van der Waals surface area contributed by atoms with Crippen molar-refractivity contribution < 1.29 is 19.4 Å². The standard InChI is InChI=1S/C9H17NO4/c1-9(2,12)7(10)8(11)14-6-3-4-13-5-6/h6-7,12H,3-5,10H2,1-2H3/t6?,7-/m1/s1. The number of carbonyl (C=O) groups excluding carboxylic acids is 1. The number of esters is 1. The molecule has 0 amide bonds. The molecule has 0 saturated carbocycles. The third kappa shape index (κ3) is 2.94. The summed E-state index contributed by atoms with van der Waals surface area (Å²) in [4.78, 5) is 11.4. The fourth-order valence-electron chi connectivity index (χ4n) is 1.13. The van der Waals surface area contributed by atoms with Crippen molar-refractivity contribution in [1.82, 2.24) is 0 Å². The van der Waals surface area contributed by atoms with E-state index in [0.717, 1.165) is 0 Å². The first kappa shape index (κ1) is 11.4. The first-order valence-electron chi connectivity index (χ1n) is 4.67. The lowest BCUT2D eigenvalue weighted by atomic mass is 10.0. The Balaban J connectivity index is 2.41. The summed E-state index contributed by atoms with van der Waals surface area (Å²) in [7, 11) is 0. The van der Waals surface area contributed by atoms with Crippen LogP contribution in [0.1, 0.15) is 20.3 Å². The van der Waals surface area contributed by atoms with Crippen molar-refractivity contribution in [3.8, 4) is 0 Å². The molecule has 0 aromatic carbocycles. The summed E-state index contributed by atoms with van der Waals surface area (Å²) in [5, 5.41) is 9.47. The SMILES string of the molecule is CC(C)(O)[C@H](N)C(=O)OC1CCOC1. The summed E-state index contributed by atoms with van der Waals surface area (Å²) in [6, 6.07) is -1.01. The highest BCUT2D eigenvalue weighted by atomic mass is 16.6. The van der Waals surface area contributed by atoms with Crippen LogP contribution in [0.5, 0.6) is 0 Å². The summed E-state index contributed by atoms with van der Waals surface area (Å²) in [5.74, 6) is -0.576. The maximum Gasteiger partial charge on any atom is 0.326 e. The molecular weight excluding hydrogens is 186 g/mol. The molecule has 0 aromatic heterocycles. The summed E-state index contributed by atoms with van der Waals surface area (Å²) in [6.07, 6.45) is 0.487. The van der Waals surface area contributed by atoms with E-state index in [2.05, 4.69) is 0 Å². The van der Waals surface area contributed by atoms with E-state index in [-0.39, 0.29) is 6.10 Å². The molecule has 0 spiro atoms. The van der Waals surface area contributed by atoms with E-state index in [0.29, 0.717) is 19.6 Å². The van der Waals surface area contributed by atoms with Crippen molar-refractivity contribution in [2.75, 3.05) is 13.2 Å². The Labute approximate surface area is 83.2 Å². The van der Waals surface area contributed by atoms with Gasteiger partial charge in [0.25, 0.3) is 0 Å². The zero-order valence-corrected chi connectivity index (χ0v) is 8.53. The Morgan fingerprint density at radius 3 is 2.79 bits per heavy atom. The Bertz CT molecular complexity index is 205. The Kier molecular flexibility index (Phi) is 3.47. The first-order valence-corrected chi connectivity index (χ1v) is 4.67. The van der Waals surface area contributed by atoms with Gasteiger partial charge in [-0.25, -0.2) is 0 Å². The molecule has 1 unspecified atom stereocenters. The van der Waals surface area contributed by atoms with Crippen LogP contribution in [0, 0.1) is 0 Å². The second kappa shape index (κ2) is 4.25. The highest BCUT2D eigenvalue weighted by molar-refractivity contribution is 5.77. The van der Waals surface area contributed by atoms with Gasteiger partial charge >= 0.3 is 5.97 Å². The largest absolute Gasteiger partial charge is 0.459 e. The van der Waals surface area contributed by atoms with Crippen LogP contribution in [0.4, 0.5) is 0 Å². The van der Waals surface area contributed by atoms with E-state index in [9.17, 15) is 9.90 Å². The molecule has 3 N–H and O–H groups in total. The van der Waals surface area contributed by atoms with Crippen LogP contribution in [0.3, 0.4) is 0 Å². The molecule has 5 nitrogen and oxygen atoms in total. The Hall–Kier alpha value is -0.650. The van der Waals surface area contributed by atoms with Gasteiger partial charge in [0.1, 0.15) is 12.1 Å². The van der Waals surface area contributed by atoms with Gasteiger partial charge in [0.2, 0.25) is 0 Å². The predicted molar refractivity (Wildman–Crippen MR) is 49.6 cm³/mol. The quantitative estimate of drug-likeness (QED) is 0.599. The molecule has 0 radical (unpaired) electrons. The van der Waals surface area contributed by atoms with Crippen LogP contribution >= 0.6 is 0 Å². The number of nitrogens with two attached hydrogens (primary N) is 1. The highest BCUT2D eigenvalue weighted by Crippen LogP contribution is 2.12. The second-order valence-electron chi connectivity index (χ2n) is 4.05. The highest BCUT2D eigenvalue weighted by Gasteiger charge is 2.33. The Morgan fingerprint density at radius 2 is 2.36 bits per heavy atom. The molecule has 2 atom stereocenters. The summed E-state index contributed by atoms with van der Waals surface area (Å²) < 4.78 is 10.1. The van der Waals surface area contributed by atoms with E-state index in [1.807, 2.05) is 0 Å². The van der Waals surface area contributed by atoms with Crippen molar-refractivity contribution in [1.29, 1.82) is 0 Å².